The number of hydrogen-bond donors (Lipinski definition) is 6. The summed E-state index contributed by atoms with van der Waals surface area (Å²) in [7, 11) is 0. The Hall–Kier alpha value is -2.43. The number of aliphatic hydroxyl groups excluding tert-OH is 3. The third kappa shape index (κ3) is 3.72. The minimum atomic E-state index is -1.63. The summed E-state index contributed by atoms with van der Waals surface area (Å²) in [6, 6.07) is -0.909. The van der Waals surface area contributed by atoms with Gasteiger partial charge in [0.2, 0.25) is 11.7 Å². The molecule has 0 aromatic carbocycles. The molecule has 1 aromatic heterocycles. The Morgan fingerprint density at radius 2 is 2.17 bits per heavy atom. The maximum absolute atomic E-state index is 11.5. The smallest absolute Gasteiger partial charge is 0.370 e. The van der Waals surface area contributed by atoms with Crippen LogP contribution < -0.4 is 5.32 Å². The maximum atomic E-state index is 11.5. The number of aromatic amines is 1. The number of aliphatic carboxylic acids is 1. The fraction of sp³-hybridized carbons (Fsp3) is 0.500. The highest BCUT2D eigenvalue weighted by molar-refractivity contribution is 5.85. The number of nitrogens with zero attached hydrogens (tertiary/aromatic N) is 1. The first-order valence-corrected chi connectivity index (χ1v) is 7.20. The summed E-state index contributed by atoms with van der Waals surface area (Å²) < 4.78 is 5.26. The van der Waals surface area contributed by atoms with Crippen LogP contribution in [0.4, 0.5) is 0 Å². The normalized spacial score (nSPS) is 26.0. The van der Waals surface area contributed by atoms with Gasteiger partial charge in [0, 0.05) is 19.3 Å². The Bertz CT molecular complexity index is 616. The van der Waals surface area contributed by atoms with Crippen LogP contribution in [-0.4, -0.2) is 73.2 Å². The molecule has 0 spiro atoms. The Morgan fingerprint density at radius 1 is 1.46 bits per heavy atom. The van der Waals surface area contributed by atoms with Crippen LogP contribution in [0.5, 0.6) is 0 Å². The van der Waals surface area contributed by atoms with Gasteiger partial charge in [-0.25, -0.2) is 9.78 Å². The molecule has 2 rings (SSSR count). The molecule has 2 heterocycles. The van der Waals surface area contributed by atoms with Crippen molar-refractivity contribution in [3.63, 3.8) is 0 Å². The number of ether oxygens (including phenoxy) is 1. The van der Waals surface area contributed by atoms with E-state index in [1.807, 2.05) is 0 Å². The van der Waals surface area contributed by atoms with Gasteiger partial charge in [-0.1, -0.05) is 0 Å². The first-order chi connectivity index (χ1) is 11.3. The van der Waals surface area contributed by atoms with Crippen LogP contribution in [0.2, 0.25) is 0 Å². The lowest BCUT2D eigenvalue weighted by atomic mass is 9.86. The number of hydrogen-bond acceptors (Lipinski definition) is 7. The van der Waals surface area contributed by atoms with Gasteiger partial charge in [-0.05, 0) is 6.08 Å². The molecule has 1 aliphatic heterocycles. The molecular weight excluding hydrogens is 322 g/mol. The second-order valence-electron chi connectivity index (χ2n) is 5.39. The first-order valence-electron chi connectivity index (χ1n) is 7.20. The van der Waals surface area contributed by atoms with Gasteiger partial charge in [0.1, 0.15) is 24.1 Å². The van der Waals surface area contributed by atoms with Gasteiger partial charge in [-0.3, -0.25) is 4.79 Å². The van der Waals surface area contributed by atoms with Gasteiger partial charge >= 0.3 is 5.97 Å². The van der Waals surface area contributed by atoms with E-state index in [9.17, 15) is 24.9 Å². The second kappa shape index (κ2) is 7.43. The predicted molar refractivity (Wildman–Crippen MR) is 78.6 cm³/mol. The molecule has 0 unspecified atom stereocenters. The molecule has 6 N–H and O–H groups in total. The van der Waals surface area contributed by atoms with Crippen molar-refractivity contribution in [2.75, 3.05) is 6.61 Å². The number of aliphatic hydroxyl groups is 3. The molecule has 5 atom stereocenters. The fourth-order valence-corrected chi connectivity index (χ4v) is 2.58. The molecule has 1 amide bonds. The minimum Gasteiger partial charge on any atom is -0.478 e. The van der Waals surface area contributed by atoms with Crippen molar-refractivity contribution in [3.8, 4) is 0 Å². The third-order valence-electron chi connectivity index (χ3n) is 3.67. The summed E-state index contributed by atoms with van der Waals surface area (Å²) in [5, 5.41) is 40.7. The standard InChI is InChI=1S/C14H19N3O7/c1-6(19)17-10-7(13-15-2-3-16-13)4-9(14(22)23)24-12(10)11(21)8(20)5-18/h2-4,7-8,10-12,18,20-21H,5H2,1H3,(H,15,16)(H,17,19)(H,22,23)/t7-,8-,10-,11-,12-/m1/s1. The van der Waals surface area contributed by atoms with Gasteiger partial charge in [0.15, 0.2) is 0 Å². The van der Waals surface area contributed by atoms with Gasteiger partial charge in [-0.2, -0.15) is 0 Å². The molecule has 0 bridgehead atoms. The molecule has 1 aromatic rings. The Labute approximate surface area is 136 Å². The lowest BCUT2D eigenvalue weighted by molar-refractivity contribution is -0.146. The van der Waals surface area contributed by atoms with Crippen LogP contribution in [0.1, 0.15) is 18.7 Å². The zero-order valence-electron chi connectivity index (χ0n) is 12.8. The van der Waals surface area contributed by atoms with Crippen molar-refractivity contribution < 1.29 is 34.8 Å². The van der Waals surface area contributed by atoms with Crippen molar-refractivity contribution in [2.45, 2.75) is 37.2 Å². The number of rotatable bonds is 6. The lowest BCUT2D eigenvalue weighted by Crippen LogP contribution is -2.57. The van der Waals surface area contributed by atoms with Crippen LogP contribution in [0.3, 0.4) is 0 Å². The van der Waals surface area contributed by atoms with Crippen LogP contribution in [0.15, 0.2) is 24.2 Å². The van der Waals surface area contributed by atoms with Gasteiger partial charge in [0.05, 0.1) is 18.6 Å². The van der Waals surface area contributed by atoms with Crippen LogP contribution in [0, 0.1) is 0 Å². The average molecular weight is 341 g/mol. The molecule has 10 heteroatoms. The number of amides is 1. The van der Waals surface area contributed by atoms with E-state index in [0.717, 1.165) is 0 Å². The highest BCUT2D eigenvalue weighted by Crippen LogP contribution is 2.32. The van der Waals surface area contributed by atoms with E-state index in [2.05, 4.69) is 15.3 Å². The Balaban J connectivity index is 2.45. The number of nitrogens with one attached hydrogen (secondary N) is 2. The Morgan fingerprint density at radius 3 is 2.67 bits per heavy atom. The number of H-pyrrole nitrogens is 1. The fourth-order valence-electron chi connectivity index (χ4n) is 2.58. The quantitative estimate of drug-likeness (QED) is 0.348. The largest absolute Gasteiger partial charge is 0.478 e. The zero-order chi connectivity index (χ0) is 17.9. The molecule has 132 valence electrons. The molecule has 0 fully saturated rings. The number of carbonyl (C=O) groups excluding carboxylic acids is 1. The van der Waals surface area contributed by atoms with Gasteiger partial charge < -0.3 is 35.5 Å². The molecule has 0 aliphatic carbocycles. The lowest BCUT2D eigenvalue weighted by Gasteiger charge is -2.39. The molecule has 0 radical (unpaired) electrons. The van der Waals surface area contributed by atoms with Gasteiger partial charge in [0.25, 0.3) is 0 Å². The van der Waals surface area contributed by atoms with Crippen molar-refractivity contribution in [3.05, 3.63) is 30.1 Å². The van der Waals surface area contributed by atoms with E-state index < -0.39 is 54.5 Å². The van der Waals surface area contributed by atoms with E-state index in [1.165, 1.54) is 25.4 Å². The zero-order valence-corrected chi connectivity index (χ0v) is 12.8. The predicted octanol–water partition coefficient (Wildman–Crippen LogP) is -1.92. The van der Waals surface area contributed by atoms with Crippen molar-refractivity contribution in [2.24, 2.45) is 0 Å². The first kappa shape index (κ1) is 17.9. The Kier molecular flexibility index (Phi) is 5.54. The molecule has 0 saturated carbocycles. The second-order valence-corrected chi connectivity index (χ2v) is 5.39. The number of imidazole rings is 1. The summed E-state index contributed by atoms with van der Waals surface area (Å²) >= 11 is 0. The van der Waals surface area contributed by atoms with E-state index in [0.29, 0.717) is 5.82 Å². The van der Waals surface area contributed by atoms with Crippen molar-refractivity contribution in [1.29, 1.82) is 0 Å². The summed E-state index contributed by atoms with van der Waals surface area (Å²) in [5.41, 5.74) is 0. The highest BCUT2D eigenvalue weighted by atomic mass is 16.5. The van der Waals surface area contributed by atoms with Gasteiger partial charge in [-0.15, -0.1) is 0 Å². The third-order valence-corrected chi connectivity index (χ3v) is 3.67. The average Bonchev–Trinajstić information content (AvgIpc) is 3.07. The minimum absolute atomic E-state index is 0.353. The van der Waals surface area contributed by atoms with Crippen LogP contribution in [-0.2, 0) is 14.3 Å². The van der Waals surface area contributed by atoms with Crippen molar-refractivity contribution >= 4 is 11.9 Å². The monoisotopic (exact) mass is 341 g/mol. The topological polar surface area (TPSA) is 165 Å². The molecular formula is C14H19N3O7. The summed E-state index contributed by atoms with van der Waals surface area (Å²) in [6.45, 7) is 0.493. The maximum Gasteiger partial charge on any atom is 0.370 e. The molecule has 1 aliphatic rings. The highest BCUT2D eigenvalue weighted by Gasteiger charge is 2.44. The molecule has 0 saturated heterocycles. The van der Waals surface area contributed by atoms with E-state index >= 15 is 0 Å². The number of carbonyl (C=O) groups is 2. The van der Waals surface area contributed by atoms with Crippen molar-refractivity contribution in [1.82, 2.24) is 15.3 Å². The van der Waals surface area contributed by atoms with E-state index in [-0.39, 0.29) is 0 Å². The van der Waals surface area contributed by atoms with Crippen LogP contribution in [0.25, 0.3) is 0 Å². The summed E-state index contributed by atoms with van der Waals surface area (Å²) in [4.78, 5) is 29.7. The number of aromatic nitrogens is 2. The molecule has 10 nitrogen and oxygen atoms in total. The SMILES string of the molecule is CC(=O)N[C@H]1[C@H]([C@H](O)[C@H](O)CO)OC(C(=O)O)=C[C@H]1c1ncc[nH]1. The molecule has 24 heavy (non-hydrogen) atoms. The van der Waals surface area contributed by atoms with Crippen LogP contribution >= 0.6 is 0 Å². The van der Waals surface area contributed by atoms with E-state index in [4.69, 9.17) is 9.84 Å². The number of carboxylic acid groups (broad SMARTS) is 1. The summed E-state index contributed by atoms with van der Waals surface area (Å²) in [6.07, 6.45) is -0.266. The van der Waals surface area contributed by atoms with E-state index in [1.54, 1.807) is 0 Å². The summed E-state index contributed by atoms with van der Waals surface area (Å²) in [5.74, 6) is -2.65. The number of carboxylic acids is 1.